The number of nitrogens with zero attached hydrogens (tertiary/aromatic N) is 2. The topological polar surface area (TPSA) is 105 Å². The van der Waals surface area contributed by atoms with Crippen LogP contribution in [0.5, 0.6) is 0 Å². The van der Waals surface area contributed by atoms with Crippen LogP contribution in [0.4, 0.5) is 27.4 Å². The van der Waals surface area contributed by atoms with E-state index in [1.54, 1.807) is 24.3 Å². The third-order valence-corrected chi connectivity index (χ3v) is 3.61. The van der Waals surface area contributed by atoms with Gasteiger partial charge in [-0.25, -0.2) is 14.4 Å². The van der Waals surface area contributed by atoms with Crippen LogP contribution in [0.2, 0.25) is 5.02 Å². The molecule has 2 aromatic carbocycles. The van der Waals surface area contributed by atoms with E-state index in [2.05, 4.69) is 26.1 Å². The molecule has 0 saturated heterocycles. The van der Waals surface area contributed by atoms with Gasteiger partial charge in [0, 0.05) is 16.3 Å². The zero-order valence-electron chi connectivity index (χ0n) is 13.3. The highest BCUT2D eigenvalue weighted by Crippen LogP contribution is 2.26. The molecule has 0 spiro atoms. The third-order valence-electron chi connectivity index (χ3n) is 3.37. The number of carbonyl (C=O) groups excluding carboxylic acids is 1. The summed E-state index contributed by atoms with van der Waals surface area (Å²) in [5.74, 6) is -0.334. The second-order valence-electron chi connectivity index (χ2n) is 5.21. The Balaban J connectivity index is 1.70. The van der Waals surface area contributed by atoms with Crippen LogP contribution >= 0.6 is 11.6 Å². The molecule has 1 heterocycles. The third kappa shape index (κ3) is 4.17. The van der Waals surface area contributed by atoms with Crippen molar-refractivity contribution in [3.8, 4) is 0 Å². The quantitative estimate of drug-likeness (QED) is 0.512. The molecule has 0 bridgehead atoms. The highest BCUT2D eigenvalue weighted by molar-refractivity contribution is 6.30. The van der Waals surface area contributed by atoms with E-state index in [0.29, 0.717) is 16.5 Å². The van der Waals surface area contributed by atoms with E-state index in [1.807, 2.05) is 0 Å². The van der Waals surface area contributed by atoms with Crippen molar-refractivity contribution in [3.63, 3.8) is 0 Å². The van der Waals surface area contributed by atoms with Crippen LogP contribution in [0, 0.1) is 5.82 Å². The molecular weight excluding hydrogens is 359 g/mol. The zero-order chi connectivity index (χ0) is 18.5. The highest BCUT2D eigenvalue weighted by atomic mass is 35.5. The number of benzene rings is 2. The number of anilines is 4. The molecule has 0 aliphatic heterocycles. The summed E-state index contributed by atoms with van der Waals surface area (Å²) in [6.07, 6.45) is 1.29. The predicted octanol–water partition coefficient (Wildman–Crippen LogP) is 3.35. The van der Waals surface area contributed by atoms with Crippen LogP contribution < -0.4 is 21.9 Å². The van der Waals surface area contributed by atoms with Gasteiger partial charge in [0.2, 0.25) is 0 Å². The number of nitrogens with two attached hydrogens (primary N) is 1. The van der Waals surface area contributed by atoms with Crippen molar-refractivity contribution in [2.45, 2.75) is 0 Å². The Kier molecular flexibility index (Phi) is 5.14. The van der Waals surface area contributed by atoms with Crippen LogP contribution in [0.15, 0.2) is 54.9 Å². The Morgan fingerprint density at radius 2 is 1.81 bits per heavy atom. The lowest BCUT2D eigenvalue weighted by molar-refractivity contribution is 0.0962. The van der Waals surface area contributed by atoms with Crippen LogP contribution in [0.1, 0.15) is 10.4 Å². The zero-order valence-corrected chi connectivity index (χ0v) is 14.1. The van der Waals surface area contributed by atoms with Crippen molar-refractivity contribution in [1.29, 1.82) is 0 Å². The number of nitrogen functional groups attached to an aromatic ring is 1. The van der Waals surface area contributed by atoms with Gasteiger partial charge in [0.05, 0.1) is 0 Å². The standard InChI is InChI=1S/C17H14ClFN6O/c18-11-2-1-3-13(8-11)23-15-14(20)16(22-9-21-15)24-25-17(26)10-4-6-12(19)7-5-10/h1-9H,20H2,(H,25,26)(H2,21,22,23,24). The molecule has 1 aromatic heterocycles. The van der Waals surface area contributed by atoms with Gasteiger partial charge in [0.1, 0.15) is 17.8 Å². The summed E-state index contributed by atoms with van der Waals surface area (Å²) in [5, 5.41) is 3.59. The molecule has 3 aromatic rings. The summed E-state index contributed by atoms with van der Waals surface area (Å²) in [6, 6.07) is 12.2. The van der Waals surface area contributed by atoms with Gasteiger partial charge in [-0.3, -0.25) is 15.6 Å². The molecule has 7 nitrogen and oxygen atoms in total. The molecule has 132 valence electrons. The summed E-state index contributed by atoms with van der Waals surface area (Å²) in [5.41, 5.74) is 12.3. The van der Waals surface area contributed by atoms with Gasteiger partial charge in [-0.05, 0) is 42.5 Å². The summed E-state index contributed by atoms with van der Waals surface area (Å²) in [6.45, 7) is 0. The van der Waals surface area contributed by atoms with Crippen LogP contribution in [-0.2, 0) is 0 Å². The normalized spacial score (nSPS) is 10.2. The summed E-state index contributed by atoms with van der Waals surface area (Å²) in [4.78, 5) is 20.1. The molecule has 0 saturated carbocycles. The number of carbonyl (C=O) groups is 1. The van der Waals surface area contributed by atoms with Crippen molar-refractivity contribution in [2.75, 3.05) is 16.5 Å². The number of aromatic nitrogens is 2. The number of halogens is 2. The van der Waals surface area contributed by atoms with Gasteiger partial charge in [-0.2, -0.15) is 0 Å². The number of hydrogen-bond donors (Lipinski definition) is 4. The lowest BCUT2D eigenvalue weighted by Crippen LogP contribution is -2.30. The molecule has 0 fully saturated rings. The maximum atomic E-state index is 12.9. The first-order valence-electron chi connectivity index (χ1n) is 7.48. The summed E-state index contributed by atoms with van der Waals surface area (Å²) < 4.78 is 12.9. The van der Waals surface area contributed by atoms with Crippen molar-refractivity contribution in [2.24, 2.45) is 0 Å². The van der Waals surface area contributed by atoms with E-state index < -0.39 is 11.7 Å². The Bertz CT molecular complexity index is 935. The minimum atomic E-state index is -0.465. The Morgan fingerprint density at radius 3 is 2.54 bits per heavy atom. The summed E-state index contributed by atoms with van der Waals surface area (Å²) in [7, 11) is 0. The first-order valence-corrected chi connectivity index (χ1v) is 7.86. The van der Waals surface area contributed by atoms with Crippen LogP contribution in [-0.4, -0.2) is 15.9 Å². The lowest BCUT2D eigenvalue weighted by Gasteiger charge is -2.13. The predicted molar refractivity (Wildman–Crippen MR) is 98.7 cm³/mol. The molecular formula is C17H14ClFN6O. The fourth-order valence-electron chi connectivity index (χ4n) is 2.09. The Morgan fingerprint density at radius 1 is 1.08 bits per heavy atom. The molecule has 0 radical (unpaired) electrons. The molecule has 1 amide bonds. The second kappa shape index (κ2) is 7.66. The average Bonchev–Trinajstić information content (AvgIpc) is 2.63. The van der Waals surface area contributed by atoms with Gasteiger partial charge in [-0.15, -0.1) is 0 Å². The minimum absolute atomic E-state index is 0.201. The molecule has 3 rings (SSSR count). The Hall–Kier alpha value is -3.39. The highest BCUT2D eigenvalue weighted by Gasteiger charge is 2.11. The largest absolute Gasteiger partial charge is 0.393 e. The molecule has 5 N–H and O–H groups in total. The molecule has 0 unspecified atom stereocenters. The number of amides is 1. The van der Waals surface area contributed by atoms with E-state index in [1.165, 1.54) is 30.6 Å². The number of hydrogen-bond acceptors (Lipinski definition) is 6. The van der Waals surface area contributed by atoms with E-state index in [0.717, 1.165) is 0 Å². The molecule has 0 aliphatic carbocycles. The van der Waals surface area contributed by atoms with Crippen molar-refractivity contribution >= 4 is 40.5 Å². The first kappa shape index (κ1) is 17.4. The van der Waals surface area contributed by atoms with E-state index >= 15 is 0 Å². The van der Waals surface area contributed by atoms with Gasteiger partial charge in [-0.1, -0.05) is 17.7 Å². The number of hydrazine groups is 1. The molecule has 0 atom stereocenters. The van der Waals surface area contributed by atoms with Gasteiger partial charge in [0.15, 0.2) is 11.6 Å². The molecule has 26 heavy (non-hydrogen) atoms. The smallest absolute Gasteiger partial charge is 0.269 e. The van der Waals surface area contributed by atoms with Crippen LogP contribution in [0.25, 0.3) is 0 Å². The fourth-order valence-corrected chi connectivity index (χ4v) is 2.28. The van der Waals surface area contributed by atoms with Gasteiger partial charge in [0.25, 0.3) is 5.91 Å². The number of nitrogens with one attached hydrogen (secondary N) is 3. The number of rotatable bonds is 5. The SMILES string of the molecule is Nc1c(NNC(=O)c2ccc(F)cc2)ncnc1Nc1cccc(Cl)c1. The van der Waals surface area contributed by atoms with E-state index in [9.17, 15) is 9.18 Å². The van der Waals surface area contributed by atoms with E-state index in [-0.39, 0.29) is 17.1 Å². The van der Waals surface area contributed by atoms with Crippen molar-refractivity contribution in [1.82, 2.24) is 15.4 Å². The monoisotopic (exact) mass is 372 g/mol. The van der Waals surface area contributed by atoms with Gasteiger partial charge >= 0.3 is 0 Å². The van der Waals surface area contributed by atoms with Crippen molar-refractivity contribution in [3.05, 3.63) is 71.3 Å². The Labute approximate surface area is 153 Å². The van der Waals surface area contributed by atoms with Crippen LogP contribution in [0.3, 0.4) is 0 Å². The average molecular weight is 373 g/mol. The maximum Gasteiger partial charge on any atom is 0.269 e. The second-order valence-corrected chi connectivity index (χ2v) is 5.64. The summed E-state index contributed by atoms with van der Waals surface area (Å²) >= 11 is 5.95. The first-order chi connectivity index (χ1) is 12.5. The van der Waals surface area contributed by atoms with Crippen molar-refractivity contribution < 1.29 is 9.18 Å². The lowest BCUT2D eigenvalue weighted by atomic mass is 10.2. The maximum absolute atomic E-state index is 12.9. The fraction of sp³-hybridized carbons (Fsp3) is 0. The van der Waals surface area contributed by atoms with Gasteiger partial charge < -0.3 is 11.1 Å². The molecule has 0 aliphatic rings. The minimum Gasteiger partial charge on any atom is -0.393 e. The van der Waals surface area contributed by atoms with E-state index in [4.69, 9.17) is 17.3 Å². The molecule has 9 heteroatoms.